The number of amidine groups is 1. The van der Waals surface area contributed by atoms with Gasteiger partial charge in [-0.1, -0.05) is 0 Å². The number of carbonyl (C=O) groups excluding carboxylic acids is 3. The van der Waals surface area contributed by atoms with Crippen LogP contribution in [-0.4, -0.2) is 230 Å². The van der Waals surface area contributed by atoms with Crippen molar-refractivity contribution in [3.05, 3.63) is 53.2 Å². The summed E-state index contributed by atoms with van der Waals surface area (Å²) in [5.41, 5.74) is 1.45. The molecule has 26 nitrogen and oxygen atoms in total. The van der Waals surface area contributed by atoms with Gasteiger partial charge in [-0.3, -0.25) is 62.8 Å². The van der Waals surface area contributed by atoms with Crippen molar-refractivity contribution >= 4 is 68.4 Å². The van der Waals surface area contributed by atoms with E-state index >= 15 is 0 Å². The first-order valence-corrected chi connectivity index (χ1v) is 26.3. The predicted molar refractivity (Wildman–Crippen MR) is 273 cm³/mol. The normalized spacial score (nSPS) is 16.2. The van der Waals surface area contributed by atoms with E-state index < -0.39 is 52.4 Å². The van der Waals surface area contributed by atoms with Gasteiger partial charge in [0.1, 0.15) is 11.8 Å². The lowest BCUT2D eigenvalue weighted by atomic mass is 10.1. The summed E-state index contributed by atoms with van der Waals surface area (Å²) in [5, 5.41) is 54.8. The summed E-state index contributed by atoms with van der Waals surface area (Å²) in [6.07, 6.45) is 5.30. The van der Waals surface area contributed by atoms with Crippen LogP contribution in [0.5, 0.6) is 5.75 Å². The number of ether oxygens (including phenoxy) is 1. The van der Waals surface area contributed by atoms with Gasteiger partial charge in [-0.2, -0.15) is 9.82 Å². The Morgan fingerprint density at radius 1 is 0.707 bits per heavy atom. The smallest absolute Gasteiger partial charge is 0.323 e. The maximum Gasteiger partial charge on any atom is 0.323 e. The van der Waals surface area contributed by atoms with Crippen LogP contribution >= 0.6 is 0 Å². The highest BCUT2D eigenvalue weighted by Gasteiger charge is 2.29. The number of amides is 3. The third-order valence-corrected chi connectivity index (χ3v) is 14.1. The van der Waals surface area contributed by atoms with Gasteiger partial charge in [-0.15, -0.1) is 0 Å². The van der Waals surface area contributed by atoms with Gasteiger partial charge < -0.3 is 46.4 Å². The number of nitrogens with one attached hydrogen (secondary N) is 5. The molecule has 2 aliphatic heterocycles. The third kappa shape index (κ3) is 20.5. The lowest BCUT2D eigenvalue weighted by Gasteiger charge is -2.32. The zero-order valence-electron chi connectivity index (χ0n) is 42.4. The molecule has 1 saturated heterocycles. The fraction of sp³-hybridized carbons (Fsp3) is 0.562. The van der Waals surface area contributed by atoms with Crippen LogP contribution in [0, 0.1) is 13.8 Å². The molecular formula is C48H70N12O14S. The van der Waals surface area contributed by atoms with Crippen molar-refractivity contribution in [1.29, 1.82) is 0 Å². The first-order valence-electron chi connectivity index (χ1n) is 24.8. The Labute approximate surface area is 434 Å². The summed E-state index contributed by atoms with van der Waals surface area (Å²) in [4.78, 5) is 96.6. The van der Waals surface area contributed by atoms with E-state index in [0.717, 1.165) is 31.6 Å². The zero-order valence-corrected chi connectivity index (χ0v) is 43.2. The van der Waals surface area contributed by atoms with Crippen LogP contribution < -0.4 is 30.7 Å². The number of fused-ring (bicyclic) bond motifs is 1. The molecule has 2 aromatic carbocycles. The molecule has 5 rings (SSSR count). The molecule has 0 unspecified atom stereocenters. The number of hydrogen-bond acceptors (Lipinski definition) is 17. The van der Waals surface area contributed by atoms with E-state index in [0.29, 0.717) is 36.2 Å². The van der Waals surface area contributed by atoms with Crippen LogP contribution in [0.25, 0.3) is 10.9 Å². The minimum absolute atomic E-state index is 0.0746. The van der Waals surface area contributed by atoms with Gasteiger partial charge in [0.25, 0.3) is 5.91 Å². The van der Waals surface area contributed by atoms with Gasteiger partial charge in [0.2, 0.25) is 21.8 Å². The Bertz CT molecular complexity index is 2570. The quantitative estimate of drug-likeness (QED) is 0.0429. The summed E-state index contributed by atoms with van der Waals surface area (Å²) < 4.78 is 37.0. The average molecular weight is 1070 g/mol. The molecule has 27 heteroatoms. The molecule has 0 spiro atoms. The van der Waals surface area contributed by atoms with E-state index in [1.807, 2.05) is 0 Å². The number of aromatic nitrogens is 2. The van der Waals surface area contributed by atoms with Crippen molar-refractivity contribution in [3.63, 3.8) is 0 Å². The van der Waals surface area contributed by atoms with Crippen LogP contribution in [0.3, 0.4) is 0 Å². The topological polar surface area (TPSA) is 347 Å². The van der Waals surface area contributed by atoms with Gasteiger partial charge in [0, 0.05) is 115 Å². The minimum atomic E-state index is -4.42. The van der Waals surface area contributed by atoms with Crippen LogP contribution in [0.1, 0.15) is 53.6 Å². The molecule has 0 radical (unpaired) electrons. The molecule has 3 heterocycles. The third-order valence-electron chi connectivity index (χ3n) is 12.3. The molecular weight excluding hydrogens is 1000 g/mol. The Morgan fingerprint density at radius 3 is 1.80 bits per heavy atom. The standard InChI is InChI=1S/C48H70N12O14S/c1-33-24-37(25-34(2)46(33)75(72,73)55-39(48(70)71)27-53-47(69)35-8-9-38-36(26-35)28-60(54-38)14-13-50-40-6-3-4-10-49-40)74-23-5-7-41(61)51-11-12-52-42(62)29-56-15-17-57(30-43(63)64)19-21-59(32-45(67)68)22-20-58(18-16-56)31-44(65)66/h8-9,24-26,28,39,55H,3-7,10-23,27,29-32H2,1-2H3,(H,49,50)(H,51,61)(H,52,62)(H,53,69)(H,63,64)(H,65,66)(H,67,68)(H,70,71)/t39-/m0/s1. The molecule has 1 atom stereocenters. The van der Waals surface area contributed by atoms with Gasteiger partial charge in [0.15, 0.2) is 0 Å². The highest BCUT2D eigenvalue weighted by Crippen LogP contribution is 2.26. The maximum absolute atomic E-state index is 13.6. The number of carboxylic acids is 4. The molecule has 1 aromatic heterocycles. The molecule has 1 fully saturated rings. The summed E-state index contributed by atoms with van der Waals surface area (Å²) in [6.45, 7) is 6.00. The van der Waals surface area contributed by atoms with Crippen LogP contribution in [0.4, 0.5) is 0 Å². The summed E-state index contributed by atoms with van der Waals surface area (Å²) in [7, 11) is -4.42. The number of aliphatic imine (C=N–C) groups is 1. The van der Waals surface area contributed by atoms with Crippen molar-refractivity contribution in [3.8, 4) is 5.75 Å². The number of nitrogens with zero attached hydrogens (tertiary/aromatic N) is 7. The number of benzene rings is 2. The average Bonchev–Trinajstić information content (AvgIpc) is 3.75. The number of rotatable bonds is 26. The molecule has 3 aromatic rings. The second-order valence-electron chi connectivity index (χ2n) is 18.4. The van der Waals surface area contributed by atoms with E-state index in [4.69, 9.17) is 4.74 Å². The van der Waals surface area contributed by atoms with E-state index in [1.165, 1.54) is 26.0 Å². The van der Waals surface area contributed by atoms with Gasteiger partial charge in [-0.25, -0.2) is 8.42 Å². The second kappa shape index (κ2) is 29.3. The van der Waals surface area contributed by atoms with Crippen LogP contribution in [0.15, 0.2) is 46.4 Å². The zero-order chi connectivity index (χ0) is 54.5. The Balaban J connectivity index is 1.03. The molecule has 412 valence electrons. The number of aliphatic carboxylic acids is 4. The lowest BCUT2D eigenvalue weighted by molar-refractivity contribution is -0.140. The number of hydrogen-bond donors (Lipinski definition) is 9. The van der Waals surface area contributed by atoms with Crippen molar-refractivity contribution in [2.24, 2.45) is 4.99 Å². The Morgan fingerprint density at radius 2 is 1.27 bits per heavy atom. The highest BCUT2D eigenvalue weighted by molar-refractivity contribution is 7.89. The van der Waals surface area contributed by atoms with Crippen LogP contribution in [0.2, 0.25) is 0 Å². The first kappa shape index (κ1) is 59.1. The molecule has 75 heavy (non-hydrogen) atoms. The number of aryl methyl sites for hydroxylation is 2. The minimum Gasteiger partial charge on any atom is -0.494 e. The van der Waals surface area contributed by atoms with E-state index in [1.54, 1.807) is 48.7 Å². The maximum atomic E-state index is 13.6. The molecule has 0 saturated carbocycles. The van der Waals surface area contributed by atoms with Crippen LogP contribution in [-0.2, 0) is 45.3 Å². The van der Waals surface area contributed by atoms with Crippen molar-refractivity contribution in [2.75, 3.05) is 118 Å². The summed E-state index contributed by atoms with van der Waals surface area (Å²) in [5.74, 6) is -4.63. The first-order chi connectivity index (χ1) is 35.7. The van der Waals surface area contributed by atoms with Gasteiger partial charge >= 0.3 is 23.9 Å². The molecule has 0 aliphatic carbocycles. The van der Waals surface area contributed by atoms with Crippen molar-refractivity contribution in [2.45, 2.75) is 63.4 Å². The second-order valence-corrected chi connectivity index (χ2v) is 20.1. The highest BCUT2D eigenvalue weighted by atomic mass is 32.2. The SMILES string of the molecule is Cc1cc(OCCCC(=O)NCCNC(=O)CN2CCN(CC(=O)O)CCN(CC(=O)O)CCN(CC(=O)O)CC2)cc(C)c1S(=O)(=O)N[C@@H](CNC(=O)c1ccc2nn(CCNC3=NCCCC3)cc2c1)C(=O)O. The monoisotopic (exact) mass is 1070 g/mol. The summed E-state index contributed by atoms with van der Waals surface area (Å²) in [6, 6.07) is 6.13. The molecule has 0 bridgehead atoms. The molecule has 9 N–H and O–H groups in total. The lowest BCUT2D eigenvalue weighted by Crippen LogP contribution is -2.50. The number of sulfonamides is 1. The molecule has 2 aliphatic rings. The number of carbonyl (C=O) groups is 7. The van der Waals surface area contributed by atoms with Crippen molar-refractivity contribution < 1.29 is 67.1 Å². The summed E-state index contributed by atoms with van der Waals surface area (Å²) >= 11 is 0. The van der Waals surface area contributed by atoms with Gasteiger partial charge in [-0.05, 0) is 74.6 Å². The van der Waals surface area contributed by atoms with E-state index in [2.05, 4.69) is 36.1 Å². The number of carboxylic acid groups (broad SMARTS) is 4. The van der Waals surface area contributed by atoms with Crippen molar-refractivity contribution in [1.82, 2.24) is 55.4 Å². The largest absolute Gasteiger partial charge is 0.494 e. The fourth-order valence-electron chi connectivity index (χ4n) is 8.59. The van der Waals surface area contributed by atoms with E-state index in [9.17, 15) is 62.4 Å². The van der Waals surface area contributed by atoms with E-state index in [-0.39, 0.29) is 138 Å². The fourth-order valence-corrected chi connectivity index (χ4v) is 10.2. The molecule has 3 amide bonds. The Kier molecular flexibility index (Phi) is 23.1. The van der Waals surface area contributed by atoms with Gasteiger partial charge in [0.05, 0.1) is 55.6 Å². The Hall–Kier alpha value is -6.78. The predicted octanol–water partition coefficient (Wildman–Crippen LogP) is -1.15.